The highest BCUT2D eigenvalue weighted by Gasteiger charge is 2.04. The number of hydrogen-bond acceptors (Lipinski definition) is 3. The van der Waals surface area contributed by atoms with E-state index in [-0.39, 0.29) is 24.0 Å². The van der Waals surface area contributed by atoms with Crippen LogP contribution in [0.15, 0.2) is 72.0 Å². The highest BCUT2D eigenvalue weighted by atomic mass is 127. The maximum absolute atomic E-state index is 5.69. The van der Waals surface area contributed by atoms with Crippen molar-refractivity contribution in [1.29, 1.82) is 0 Å². The van der Waals surface area contributed by atoms with Gasteiger partial charge in [-0.15, -0.1) is 24.0 Å². The second-order valence-corrected chi connectivity index (χ2v) is 6.21. The van der Waals surface area contributed by atoms with Gasteiger partial charge in [-0.25, -0.2) is 9.67 Å². The molecular formula is C22H28IN5O. The standard InChI is InChI=1S/C22H27N5O.HI/c1-3-23-22(25-17-19-8-5-6-9-21(19)28-4-2)24-16-18-10-12-20(13-11-18)27-15-7-14-26-27;/h5-15H,3-4,16-17H2,1-2H3,(H2,23,24,25);1H. The third-order valence-electron chi connectivity index (χ3n) is 4.19. The second-order valence-electron chi connectivity index (χ2n) is 6.21. The van der Waals surface area contributed by atoms with Crippen molar-refractivity contribution in [2.75, 3.05) is 13.2 Å². The minimum Gasteiger partial charge on any atom is -0.494 e. The molecule has 0 fully saturated rings. The third-order valence-corrected chi connectivity index (χ3v) is 4.19. The van der Waals surface area contributed by atoms with Crippen molar-refractivity contribution in [3.05, 3.63) is 78.1 Å². The van der Waals surface area contributed by atoms with E-state index in [4.69, 9.17) is 9.73 Å². The lowest BCUT2D eigenvalue weighted by Gasteiger charge is -2.14. The SMILES string of the molecule is CCNC(=NCc1ccc(-n2cccn2)cc1)NCc1ccccc1OCC.I. The van der Waals surface area contributed by atoms with Crippen molar-refractivity contribution in [2.45, 2.75) is 26.9 Å². The largest absolute Gasteiger partial charge is 0.494 e. The van der Waals surface area contributed by atoms with Crippen molar-refractivity contribution in [3.63, 3.8) is 0 Å². The number of rotatable bonds is 8. The van der Waals surface area contributed by atoms with Gasteiger partial charge >= 0.3 is 0 Å². The lowest BCUT2D eigenvalue weighted by atomic mass is 10.2. The van der Waals surface area contributed by atoms with Crippen LogP contribution in [0.5, 0.6) is 5.75 Å². The van der Waals surface area contributed by atoms with Crippen LogP contribution in [-0.2, 0) is 13.1 Å². The van der Waals surface area contributed by atoms with E-state index in [9.17, 15) is 0 Å². The van der Waals surface area contributed by atoms with Crippen LogP contribution in [0.1, 0.15) is 25.0 Å². The monoisotopic (exact) mass is 505 g/mol. The molecule has 29 heavy (non-hydrogen) atoms. The number of nitrogens with zero attached hydrogens (tertiary/aromatic N) is 3. The molecule has 2 N–H and O–H groups in total. The van der Waals surface area contributed by atoms with Crippen LogP contribution >= 0.6 is 24.0 Å². The van der Waals surface area contributed by atoms with E-state index in [2.05, 4.69) is 53.0 Å². The number of aliphatic imine (C=N–C) groups is 1. The molecule has 0 spiro atoms. The number of benzene rings is 2. The van der Waals surface area contributed by atoms with Crippen LogP contribution in [-0.4, -0.2) is 28.9 Å². The Morgan fingerprint density at radius 3 is 2.52 bits per heavy atom. The Hall–Kier alpha value is -2.55. The molecule has 0 aliphatic carbocycles. The summed E-state index contributed by atoms with van der Waals surface area (Å²) in [5.74, 6) is 1.69. The Morgan fingerprint density at radius 2 is 1.83 bits per heavy atom. The van der Waals surface area contributed by atoms with Gasteiger partial charge in [0.1, 0.15) is 5.75 Å². The van der Waals surface area contributed by atoms with E-state index >= 15 is 0 Å². The molecule has 0 radical (unpaired) electrons. The van der Waals surface area contributed by atoms with Crippen LogP contribution < -0.4 is 15.4 Å². The van der Waals surface area contributed by atoms with Crippen LogP contribution in [0.3, 0.4) is 0 Å². The van der Waals surface area contributed by atoms with Gasteiger partial charge in [0.05, 0.1) is 18.8 Å². The first kappa shape index (κ1) is 22.7. The van der Waals surface area contributed by atoms with Gasteiger partial charge in [0.15, 0.2) is 5.96 Å². The summed E-state index contributed by atoms with van der Waals surface area (Å²) in [6, 6.07) is 18.2. The lowest BCUT2D eigenvalue weighted by molar-refractivity contribution is 0.336. The minimum atomic E-state index is 0. The van der Waals surface area contributed by atoms with Gasteiger partial charge in [-0.05, 0) is 43.7 Å². The zero-order valence-electron chi connectivity index (χ0n) is 16.8. The highest BCUT2D eigenvalue weighted by Crippen LogP contribution is 2.17. The maximum atomic E-state index is 5.69. The molecular weight excluding hydrogens is 477 g/mol. The molecule has 0 aliphatic rings. The summed E-state index contributed by atoms with van der Waals surface area (Å²) in [6.45, 7) is 6.76. The summed E-state index contributed by atoms with van der Waals surface area (Å²) >= 11 is 0. The highest BCUT2D eigenvalue weighted by molar-refractivity contribution is 14.0. The van der Waals surface area contributed by atoms with Gasteiger partial charge < -0.3 is 15.4 Å². The fourth-order valence-corrected chi connectivity index (χ4v) is 2.81. The molecule has 6 nitrogen and oxygen atoms in total. The van der Waals surface area contributed by atoms with Crippen molar-refractivity contribution >= 4 is 29.9 Å². The molecule has 3 aromatic rings. The molecule has 0 saturated carbocycles. The summed E-state index contributed by atoms with van der Waals surface area (Å²) in [5, 5.41) is 10.9. The molecule has 154 valence electrons. The molecule has 1 heterocycles. The number of para-hydroxylation sites is 1. The molecule has 0 atom stereocenters. The smallest absolute Gasteiger partial charge is 0.191 e. The van der Waals surface area contributed by atoms with Crippen LogP contribution in [0.2, 0.25) is 0 Å². The summed E-state index contributed by atoms with van der Waals surface area (Å²) in [4.78, 5) is 4.70. The molecule has 7 heteroatoms. The molecule has 0 unspecified atom stereocenters. The Balaban J connectivity index is 0.00000300. The predicted octanol–water partition coefficient (Wildman–Crippen LogP) is 4.14. The van der Waals surface area contributed by atoms with Crippen LogP contribution in [0.4, 0.5) is 0 Å². The zero-order chi connectivity index (χ0) is 19.6. The number of halogens is 1. The van der Waals surface area contributed by atoms with Crippen molar-refractivity contribution in [1.82, 2.24) is 20.4 Å². The molecule has 1 aromatic heterocycles. The van der Waals surface area contributed by atoms with E-state index in [1.807, 2.05) is 42.1 Å². The molecule has 0 aliphatic heterocycles. The molecule has 2 aromatic carbocycles. The zero-order valence-corrected chi connectivity index (χ0v) is 19.2. The Bertz CT molecular complexity index is 878. The van der Waals surface area contributed by atoms with Crippen molar-refractivity contribution < 1.29 is 4.74 Å². The quantitative estimate of drug-likeness (QED) is 0.275. The van der Waals surface area contributed by atoms with Gasteiger partial charge in [0, 0.05) is 31.0 Å². The first-order valence-electron chi connectivity index (χ1n) is 9.62. The first-order valence-corrected chi connectivity index (χ1v) is 9.62. The van der Waals surface area contributed by atoms with E-state index in [0.29, 0.717) is 19.7 Å². The average molecular weight is 505 g/mol. The predicted molar refractivity (Wildman–Crippen MR) is 128 cm³/mol. The second kappa shape index (κ2) is 12.1. The van der Waals surface area contributed by atoms with E-state index < -0.39 is 0 Å². The van der Waals surface area contributed by atoms with Gasteiger partial charge in [0.25, 0.3) is 0 Å². The third kappa shape index (κ3) is 6.77. The fraction of sp³-hybridized carbons (Fsp3) is 0.273. The van der Waals surface area contributed by atoms with Crippen molar-refractivity contribution in [2.24, 2.45) is 4.99 Å². The van der Waals surface area contributed by atoms with E-state index in [1.54, 1.807) is 6.20 Å². The summed E-state index contributed by atoms with van der Waals surface area (Å²) in [6.07, 6.45) is 3.71. The molecule has 0 saturated heterocycles. The number of aromatic nitrogens is 2. The van der Waals surface area contributed by atoms with E-state index in [0.717, 1.165) is 35.1 Å². The number of guanidine groups is 1. The van der Waals surface area contributed by atoms with Crippen molar-refractivity contribution in [3.8, 4) is 11.4 Å². The van der Waals surface area contributed by atoms with Gasteiger partial charge in [-0.3, -0.25) is 0 Å². The van der Waals surface area contributed by atoms with Crippen LogP contribution in [0, 0.1) is 0 Å². The summed E-state index contributed by atoms with van der Waals surface area (Å²) in [7, 11) is 0. The minimum absolute atomic E-state index is 0. The normalized spacial score (nSPS) is 10.9. The maximum Gasteiger partial charge on any atom is 0.191 e. The van der Waals surface area contributed by atoms with Gasteiger partial charge in [-0.2, -0.15) is 5.10 Å². The van der Waals surface area contributed by atoms with E-state index in [1.165, 1.54) is 0 Å². The Kier molecular flexibility index (Phi) is 9.49. The summed E-state index contributed by atoms with van der Waals surface area (Å²) in [5.41, 5.74) is 3.29. The number of nitrogens with one attached hydrogen (secondary N) is 2. The van der Waals surface area contributed by atoms with Gasteiger partial charge in [-0.1, -0.05) is 30.3 Å². The molecule has 0 amide bonds. The first-order chi connectivity index (χ1) is 13.8. The molecule has 0 bridgehead atoms. The Morgan fingerprint density at radius 1 is 1.03 bits per heavy atom. The number of ether oxygens (including phenoxy) is 1. The Labute approximate surface area is 189 Å². The molecule has 3 rings (SSSR count). The number of hydrogen-bond donors (Lipinski definition) is 2. The lowest BCUT2D eigenvalue weighted by Crippen LogP contribution is -2.36. The fourth-order valence-electron chi connectivity index (χ4n) is 2.81. The summed E-state index contributed by atoms with van der Waals surface area (Å²) < 4.78 is 7.53. The van der Waals surface area contributed by atoms with Gasteiger partial charge in [0.2, 0.25) is 0 Å². The average Bonchev–Trinajstić information content (AvgIpc) is 3.26. The topological polar surface area (TPSA) is 63.5 Å². The van der Waals surface area contributed by atoms with Crippen LogP contribution in [0.25, 0.3) is 5.69 Å².